The average Bonchev–Trinajstić information content (AvgIpc) is 2.79. The van der Waals surface area contributed by atoms with Gasteiger partial charge in [-0.05, 0) is 19.2 Å². The molecule has 4 heteroatoms. The molecule has 88 valence electrons. The van der Waals surface area contributed by atoms with Gasteiger partial charge in [-0.3, -0.25) is 0 Å². The Labute approximate surface area is 104 Å². The fourth-order valence-corrected chi connectivity index (χ4v) is 2.97. The second-order valence-corrected chi connectivity index (χ2v) is 5.19. The summed E-state index contributed by atoms with van der Waals surface area (Å²) in [5.41, 5.74) is 2.24. The van der Waals surface area contributed by atoms with E-state index in [4.69, 9.17) is 9.72 Å². The Hall–Kier alpha value is -1.39. The van der Waals surface area contributed by atoms with E-state index in [1.54, 1.807) is 11.3 Å². The van der Waals surface area contributed by atoms with Crippen molar-refractivity contribution in [2.45, 2.75) is 13.0 Å². The van der Waals surface area contributed by atoms with Crippen molar-refractivity contribution in [3.05, 3.63) is 34.2 Å². The summed E-state index contributed by atoms with van der Waals surface area (Å²) in [5, 5.41) is 4.34. The maximum absolute atomic E-state index is 5.72. The fourth-order valence-electron chi connectivity index (χ4n) is 1.98. The Balaban J connectivity index is 1.98. The molecule has 1 N–H and O–H groups in total. The van der Waals surface area contributed by atoms with Crippen LogP contribution in [0.3, 0.4) is 0 Å². The van der Waals surface area contributed by atoms with Gasteiger partial charge in [0.15, 0.2) is 0 Å². The lowest BCUT2D eigenvalue weighted by molar-refractivity contribution is 0.305. The molecule has 3 nitrogen and oxygen atoms in total. The number of nitrogens with one attached hydrogen (secondary N) is 1. The second kappa shape index (κ2) is 4.47. The molecule has 2 aromatic rings. The smallest absolute Gasteiger partial charge is 0.129 e. The number of hydrogen-bond acceptors (Lipinski definition) is 4. The molecule has 0 fully saturated rings. The van der Waals surface area contributed by atoms with Crippen LogP contribution in [-0.4, -0.2) is 18.6 Å². The number of rotatable bonds is 3. The molecule has 17 heavy (non-hydrogen) atoms. The highest BCUT2D eigenvalue weighted by Crippen LogP contribution is 2.39. The van der Waals surface area contributed by atoms with E-state index in [-0.39, 0.29) is 0 Å². The zero-order valence-corrected chi connectivity index (χ0v) is 10.5. The lowest BCUT2D eigenvalue weighted by Crippen LogP contribution is -2.09. The third-order valence-electron chi connectivity index (χ3n) is 2.83. The summed E-state index contributed by atoms with van der Waals surface area (Å²) in [5.74, 6) is 0.950. The van der Waals surface area contributed by atoms with Crippen LogP contribution in [0.5, 0.6) is 5.75 Å². The number of thiazole rings is 1. The molecule has 1 aromatic heterocycles. The topological polar surface area (TPSA) is 34.2 Å². The van der Waals surface area contributed by atoms with Gasteiger partial charge in [-0.1, -0.05) is 12.1 Å². The van der Waals surface area contributed by atoms with Gasteiger partial charge in [0.05, 0.1) is 15.6 Å². The predicted molar refractivity (Wildman–Crippen MR) is 69.5 cm³/mol. The van der Waals surface area contributed by atoms with Gasteiger partial charge in [-0.15, -0.1) is 11.3 Å². The van der Waals surface area contributed by atoms with Crippen LogP contribution in [0, 0.1) is 0 Å². The molecule has 0 saturated heterocycles. The predicted octanol–water partition coefficient (Wildman–Crippen LogP) is 2.46. The molecule has 1 aliphatic heterocycles. The number of likely N-dealkylation sites (N-methyl/N-ethyl adjacent to an activating group) is 1. The number of ether oxygens (including phenoxy) is 1. The zero-order chi connectivity index (χ0) is 11.7. The second-order valence-electron chi connectivity index (χ2n) is 4.02. The van der Waals surface area contributed by atoms with Crippen molar-refractivity contribution in [1.29, 1.82) is 0 Å². The number of para-hydroxylation sites is 1. The summed E-state index contributed by atoms with van der Waals surface area (Å²) in [6, 6.07) is 8.11. The van der Waals surface area contributed by atoms with Crippen molar-refractivity contribution in [2.24, 2.45) is 0 Å². The molecule has 0 bridgehead atoms. The summed E-state index contributed by atoms with van der Waals surface area (Å²) in [4.78, 5) is 5.97. The number of hydrogen-bond donors (Lipinski definition) is 1. The highest BCUT2D eigenvalue weighted by molar-refractivity contribution is 7.12. The number of aromatic nitrogens is 1. The van der Waals surface area contributed by atoms with Crippen LogP contribution in [0.4, 0.5) is 0 Å². The van der Waals surface area contributed by atoms with Crippen molar-refractivity contribution < 1.29 is 4.74 Å². The third-order valence-corrected chi connectivity index (χ3v) is 3.92. The lowest BCUT2D eigenvalue weighted by Gasteiger charge is -2.15. The molecular weight excluding hydrogens is 232 g/mol. The minimum atomic E-state index is 0.656. The van der Waals surface area contributed by atoms with Crippen LogP contribution in [0.15, 0.2) is 24.3 Å². The SMILES string of the molecule is CNCCc1nc2c(s1)COc1ccccc1-2. The third kappa shape index (κ3) is 1.94. The van der Waals surface area contributed by atoms with E-state index in [2.05, 4.69) is 11.4 Å². The number of fused-ring (bicyclic) bond motifs is 3. The molecule has 1 aliphatic rings. The molecule has 0 unspecified atom stereocenters. The molecular formula is C13H14N2OS. The molecule has 3 rings (SSSR count). The Morgan fingerprint density at radius 2 is 2.29 bits per heavy atom. The van der Waals surface area contributed by atoms with Crippen molar-refractivity contribution in [3.8, 4) is 17.0 Å². The lowest BCUT2D eigenvalue weighted by atomic mass is 10.1. The summed E-state index contributed by atoms with van der Waals surface area (Å²) >= 11 is 1.76. The quantitative estimate of drug-likeness (QED) is 0.903. The number of nitrogens with zero attached hydrogens (tertiary/aromatic N) is 1. The molecule has 0 spiro atoms. The van der Waals surface area contributed by atoms with Crippen molar-refractivity contribution in [3.63, 3.8) is 0 Å². The van der Waals surface area contributed by atoms with Gasteiger partial charge in [0.1, 0.15) is 12.4 Å². The standard InChI is InChI=1S/C13H14N2OS/c1-14-7-6-12-15-13-9-4-2-3-5-10(9)16-8-11(13)17-12/h2-5,14H,6-8H2,1H3. The van der Waals surface area contributed by atoms with E-state index >= 15 is 0 Å². The zero-order valence-electron chi connectivity index (χ0n) is 9.69. The highest BCUT2D eigenvalue weighted by Gasteiger charge is 2.21. The minimum Gasteiger partial charge on any atom is -0.487 e. The Kier molecular flexibility index (Phi) is 2.82. The van der Waals surface area contributed by atoms with Crippen LogP contribution < -0.4 is 10.1 Å². The van der Waals surface area contributed by atoms with Gasteiger partial charge in [0.25, 0.3) is 0 Å². The monoisotopic (exact) mass is 246 g/mol. The van der Waals surface area contributed by atoms with E-state index in [0.29, 0.717) is 6.61 Å². The maximum atomic E-state index is 5.72. The first-order valence-electron chi connectivity index (χ1n) is 5.74. The van der Waals surface area contributed by atoms with E-state index < -0.39 is 0 Å². The molecule has 0 amide bonds. The summed E-state index contributed by atoms with van der Waals surface area (Å²) in [6.07, 6.45) is 0.982. The fraction of sp³-hybridized carbons (Fsp3) is 0.308. The Morgan fingerprint density at radius 1 is 1.41 bits per heavy atom. The van der Waals surface area contributed by atoms with Gasteiger partial charge >= 0.3 is 0 Å². The van der Waals surface area contributed by atoms with Crippen molar-refractivity contribution in [1.82, 2.24) is 10.3 Å². The van der Waals surface area contributed by atoms with E-state index in [1.165, 1.54) is 9.88 Å². The van der Waals surface area contributed by atoms with E-state index in [0.717, 1.165) is 30.0 Å². The van der Waals surface area contributed by atoms with Crippen LogP contribution in [0.1, 0.15) is 9.88 Å². The maximum Gasteiger partial charge on any atom is 0.129 e. The minimum absolute atomic E-state index is 0.656. The van der Waals surface area contributed by atoms with Gasteiger partial charge < -0.3 is 10.1 Å². The van der Waals surface area contributed by atoms with Gasteiger partial charge in [0, 0.05) is 18.5 Å². The average molecular weight is 246 g/mol. The van der Waals surface area contributed by atoms with Crippen LogP contribution in [0.2, 0.25) is 0 Å². The summed E-state index contributed by atoms with van der Waals surface area (Å²) < 4.78 is 5.72. The molecule has 1 aromatic carbocycles. The Morgan fingerprint density at radius 3 is 3.18 bits per heavy atom. The molecule has 2 heterocycles. The van der Waals surface area contributed by atoms with Crippen LogP contribution in [-0.2, 0) is 13.0 Å². The van der Waals surface area contributed by atoms with Gasteiger partial charge in [0.2, 0.25) is 0 Å². The molecule has 0 radical (unpaired) electrons. The van der Waals surface area contributed by atoms with Crippen molar-refractivity contribution >= 4 is 11.3 Å². The normalized spacial score (nSPS) is 12.8. The summed E-state index contributed by atoms with van der Waals surface area (Å²) in [7, 11) is 1.96. The highest BCUT2D eigenvalue weighted by atomic mass is 32.1. The van der Waals surface area contributed by atoms with Crippen LogP contribution >= 0.6 is 11.3 Å². The van der Waals surface area contributed by atoms with E-state index in [9.17, 15) is 0 Å². The first kappa shape index (κ1) is 10.7. The first-order valence-corrected chi connectivity index (χ1v) is 6.55. The molecule has 0 aliphatic carbocycles. The first-order chi connectivity index (χ1) is 8.38. The molecule has 0 atom stereocenters. The molecule has 0 saturated carbocycles. The van der Waals surface area contributed by atoms with Gasteiger partial charge in [-0.2, -0.15) is 0 Å². The van der Waals surface area contributed by atoms with E-state index in [1.807, 2.05) is 25.2 Å². The number of benzene rings is 1. The van der Waals surface area contributed by atoms with Gasteiger partial charge in [-0.25, -0.2) is 4.98 Å². The summed E-state index contributed by atoms with van der Waals surface area (Å²) in [6.45, 7) is 1.62. The van der Waals surface area contributed by atoms with Crippen molar-refractivity contribution in [2.75, 3.05) is 13.6 Å². The Bertz CT molecular complexity index is 536. The van der Waals surface area contributed by atoms with Crippen LogP contribution in [0.25, 0.3) is 11.3 Å². The largest absolute Gasteiger partial charge is 0.487 e.